The highest BCUT2D eigenvalue weighted by molar-refractivity contribution is 8.00. The Kier molecular flexibility index (Phi) is 9.47. The molecule has 1 amide bonds. The molecule has 2 fully saturated rings. The van der Waals surface area contributed by atoms with E-state index in [0.717, 1.165) is 6.42 Å². The third kappa shape index (κ3) is 7.45. The second kappa shape index (κ2) is 11.4. The number of likely N-dealkylation sites (tertiary alicyclic amines) is 1. The van der Waals surface area contributed by atoms with Crippen molar-refractivity contribution in [1.29, 1.82) is 0 Å². The molecule has 0 aromatic carbocycles. The van der Waals surface area contributed by atoms with Crippen molar-refractivity contribution >= 4 is 29.6 Å². The van der Waals surface area contributed by atoms with Crippen LogP contribution in [0.25, 0.3) is 0 Å². The largest absolute Gasteiger partial charge is 0.465 e. The van der Waals surface area contributed by atoms with Crippen LogP contribution in [0, 0.1) is 0 Å². The van der Waals surface area contributed by atoms with Crippen molar-refractivity contribution in [3.05, 3.63) is 0 Å². The molecule has 1 aliphatic heterocycles. The van der Waals surface area contributed by atoms with Gasteiger partial charge in [0.15, 0.2) is 0 Å². The normalized spacial score (nSPS) is 22.0. The minimum Gasteiger partial charge on any atom is -0.465 e. The van der Waals surface area contributed by atoms with Crippen LogP contribution in [0.15, 0.2) is 0 Å². The zero-order chi connectivity index (χ0) is 22.3. The van der Waals surface area contributed by atoms with Crippen LogP contribution in [-0.2, 0) is 23.9 Å². The third-order valence-corrected chi connectivity index (χ3v) is 6.88. The standard InChI is InChI=1S/C22H38N2O5S/c1-6-28-20(26)17(14-30-16-10-7-8-11-16)23-15(2)19(25)24-13-9-12-18(24)21(27)29-22(3,4)5/h15-18,23H,6-14H2,1-5H3/t15?,17-,18-/m0/s1. The van der Waals surface area contributed by atoms with Gasteiger partial charge in [0.05, 0.1) is 12.6 Å². The van der Waals surface area contributed by atoms with Crippen LogP contribution in [0.5, 0.6) is 0 Å². The first-order valence-corrected chi connectivity index (χ1v) is 12.2. The van der Waals surface area contributed by atoms with Gasteiger partial charge in [0.1, 0.15) is 17.7 Å². The molecule has 3 atom stereocenters. The van der Waals surface area contributed by atoms with Gasteiger partial charge in [-0.05, 0) is 60.3 Å². The molecule has 1 unspecified atom stereocenters. The zero-order valence-electron chi connectivity index (χ0n) is 19.1. The second-order valence-electron chi connectivity index (χ2n) is 9.16. The highest BCUT2D eigenvalue weighted by Gasteiger charge is 2.39. The van der Waals surface area contributed by atoms with E-state index in [1.54, 1.807) is 30.5 Å². The number of rotatable bonds is 9. The molecule has 2 rings (SSSR count). The van der Waals surface area contributed by atoms with Crippen LogP contribution >= 0.6 is 11.8 Å². The number of nitrogens with one attached hydrogen (secondary N) is 1. The second-order valence-corrected chi connectivity index (χ2v) is 10.5. The van der Waals surface area contributed by atoms with Gasteiger partial charge in [0.25, 0.3) is 0 Å². The summed E-state index contributed by atoms with van der Waals surface area (Å²) in [5.74, 6) is -0.285. The van der Waals surface area contributed by atoms with Crippen molar-refractivity contribution in [3.8, 4) is 0 Å². The van der Waals surface area contributed by atoms with E-state index in [9.17, 15) is 14.4 Å². The smallest absolute Gasteiger partial charge is 0.329 e. The van der Waals surface area contributed by atoms with Crippen LogP contribution in [0.2, 0.25) is 0 Å². The summed E-state index contributed by atoms with van der Waals surface area (Å²) in [5.41, 5.74) is -0.593. The lowest BCUT2D eigenvalue weighted by Gasteiger charge is -2.30. The number of esters is 2. The Morgan fingerprint density at radius 2 is 1.80 bits per heavy atom. The van der Waals surface area contributed by atoms with E-state index in [1.165, 1.54) is 25.7 Å². The molecule has 30 heavy (non-hydrogen) atoms. The van der Waals surface area contributed by atoms with Gasteiger partial charge in [-0.3, -0.25) is 14.9 Å². The summed E-state index contributed by atoms with van der Waals surface area (Å²) in [5, 5.41) is 3.75. The van der Waals surface area contributed by atoms with Gasteiger partial charge in [-0.15, -0.1) is 0 Å². The molecular formula is C22H38N2O5S. The van der Waals surface area contributed by atoms with Crippen molar-refractivity contribution in [1.82, 2.24) is 10.2 Å². The predicted molar refractivity (Wildman–Crippen MR) is 118 cm³/mol. The minimum atomic E-state index is -0.593. The van der Waals surface area contributed by atoms with Crippen molar-refractivity contribution in [2.75, 3.05) is 18.9 Å². The lowest BCUT2D eigenvalue weighted by atomic mass is 10.1. The molecule has 8 heteroatoms. The van der Waals surface area contributed by atoms with Crippen molar-refractivity contribution < 1.29 is 23.9 Å². The van der Waals surface area contributed by atoms with E-state index in [1.807, 2.05) is 20.8 Å². The highest BCUT2D eigenvalue weighted by Crippen LogP contribution is 2.30. The molecule has 2 aliphatic rings. The lowest BCUT2D eigenvalue weighted by molar-refractivity contribution is -0.163. The van der Waals surface area contributed by atoms with Crippen molar-refractivity contribution in [2.24, 2.45) is 0 Å². The predicted octanol–water partition coefficient (Wildman–Crippen LogP) is 2.90. The molecule has 1 heterocycles. The minimum absolute atomic E-state index is 0.177. The molecule has 1 aliphatic carbocycles. The first-order valence-electron chi connectivity index (χ1n) is 11.2. The number of thioether (sulfide) groups is 1. The quantitative estimate of drug-likeness (QED) is 0.550. The number of hydrogen-bond donors (Lipinski definition) is 1. The average molecular weight is 443 g/mol. The topological polar surface area (TPSA) is 84.9 Å². The first kappa shape index (κ1) is 25.0. The summed E-state index contributed by atoms with van der Waals surface area (Å²) in [4.78, 5) is 39.7. The van der Waals surface area contributed by atoms with Gasteiger partial charge in [-0.1, -0.05) is 12.8 Å². The maximum absolute atomic E-state index is 13.1. The summed E-state index contributed by atoms with van der Waals surface area (Å²) >= 11 is 1.78. The number of carbonyl (C=O) groups is 3. The summed E-state index contributed by atoms with van der Waals surface area (Å²) in [6.07, 6.45) is 6.21. The van der Waals surface area contributed by atoms with Crippen molar-refractivity contribution in [3.63, 3.8) is 0 Å². The SMILES string of the molecule is CCOC(=O)[C@H](CSC1CCCC1)NC(C)C(=O)N1CCC[C@H]1C(=O)OC(C)(C)C. The van der Waals surface area contributed by atoms with Gasteiger partial charge in [0.2, 0.25) is 5.91 Å². The van der Waals surface area contributed by atoms with Crippen LogP contribution in [0.3, 0.4) is 0 Å². The molecular weight excluding hydrogens is 404 g/mol. The maximum atomic E-state index is 13.1. The Labute approximate surface area is 185 Å². The number of ether oxygens (including phenoxy) is 2. The fourth-order valence-corrected chi connectivity index (χ4v) is 5.35. The van der Waals surface area contributed by atoms with Gasteiger partial charge < -0.3 is 14.4 Å². The molecule has 0 aromatic heterocycles. The van der Waals surface area contributed by atoms with Gasteiger partial charge in [-0.2, -0.15) is 11.8 Å². The van der Waals surface area contributed by atoms with E-state index in [2.05, 4.69) is 5.32 Å². The van der Waals surface area contributed by atoms with Crippen LogP contribution in [-0.4, -0.2) is 70.6 Å². The summed E-state index contributed by atoms with van der Waals surface area (Å²) in [6, 6.07) is -1.70. The Morgan fingerprint density at radius 1 is 1.13 bits per heavy atom. The summed E-state index contributed by atoms with van der Waals surface area (Å²) < 4.78 is 10.7. The summed E-state index contributed by atoms with van der Waals surface area (Å²) in [7, 11) is 0. The van der Waals surface area contributed by atoms with E-state index in [4.69, 9.17) is 9.47 Å². The van der Waals surface area contributed by atoms with Crippen LogP contribution in [0.4, 0.5) is 0 Å². The van der Waals surface area contributed by atoms with Crippen LogP contribution < -0.4 is 5.32 Å². The Morgan fingerprint density at radius 3 is 2.40 bits per heavy atom. The van der Waals surface area contributed by atoms with Gasteiger partial charge in [-0.25, -0.2) is 4.79 Å². The van der Waals surface area contributed by atoms with Crippen LogP contribution in [0.1, 0.15) is 73.1 Å². The monoisotopic (exact) mass is 442 g/mol. The number of carbonyl (C=O) groups excluding carboxylic acids is 3. The van der Waals surface area contributed by atoms with Gasteiger partial charge in [0, 0.05) is 17.5 Å². The van der Waals surface area contributed by atoms with E-state index >= 15 is 0 Å². The molecule has 0 spiro atoms. The maximum Gasteiger partial charge on any atom is 0.329 e. The van der Waals surface area contributed by atoms with Crippen molar-refractivity contribution in [2.45, 2.75) is 102 Å². The molecule has 1 N–H and O–H groups in total. The third-order valence-electron chi connectivity index (χ3n) is 5.41. The number of nitrogens with zero attached hydrogens (tertiary/aromatic N) is 1. The van der Waals surface area contributed by atoms with E-state index < -0.39 is 23.7 Å². The Hall–Kier alpha value is -1.28. The van der Waals surface area contributed by atoms with E-state index in [0.29, 0.717) is 30.6 Å². The van der Waals surface area contributed by atoms with E-state index in [-0.39, 0.29) is 17.8 Å². The molecule has 1 saturated heterocycles. The Bertz CT molecular complexity index is 601. The average Bonchev–Trinajstić information content (AvgIpc) is 3.34. The molecule has 0 aromatic rings. The molecule has 0 bridgehead atoms. The zero-order valence-corrected chi connectivity index (χ0v) is 19.9. The fraction of sp³-hybridized carbons (Fsp3) is 0.864. The first-order chi connectivity index (χ1) is 14.1. The molecule has 0 radical (unpaired) electrons. The number of hydrogen-bond acceptors (Lipinski definition) is 7. The highest BCUT2D eigenvalue weighted by atomic mass is 32.2. The molecule has 7 nitrogen and oxygen atoms in total. The number of amides is 1. The Balaban J connectivity index is 1.98. The molecule has 1 saturated carbocycles. The molecule has 172 valence electrons. The lowest BCUT2D eigenvalue weighted by Crippen LogP contribution is -2.54. The summed E-state index contributed by atoms with van der Waals surface area (Å²) in [6.45, 7) is 9.82. The fourth-order valence-electron chi connectivity index (χ4n) is 3.98. The van der Waals surface area contributed by atoms with Gasteiger partial charge >= 0.3 is 11.9 Å².